The molecule has 0 bridgehead atoms. The van der Waals surface area contributed by atoms with Crippen LogP contribution in [0.1, 0.15) is 25.0 Å². The standard InChI is InChI=1S/C17H25N3O3S/c1-13-4-2-7-17(23)20(13)9-8-18-15(21)11-24-12-16(22)19-10-14-5-3-6-14/h2,4,7,14H,3,5-6,8-12H2,1H3,(H,18,21)(H,19,22). The lowest BCUT2D eigenvalue weighted by atomic mass is 9.85. The Balaban J connectivity index is 1.56. The van der Waals surface area contributed by atoms with Crippen molar-refractivity contribution < 1.29 is 9.59 Å². The van der Waals surface area contributed by atoms with Gasteiger partial charge >= 0.3 is 0 Å². The monoisotopic (exact) mass is 351 g/mol. The van der Waals surface area contributed by atoms with Crippen LogP contribution >= 0.6 is 11.8 Å². The maximum Gasteiger partial charge on any atom is 0.250 e. The number of carbonyl (C=O) groups is 2. The fourth-order valence-corrected chi connectivity index (χ4v) is 3.19. The maximum atomic E-state index is 11.8. The molecule has 0 aliphatic heterocycles. The van der Waals surface area contributed by atoms with E-state index in [1.54, 1.807) is 10.6 Å². The highest BCUT2D eigenvalue weighted by atomic mass is 32.2. The number of nitrogens with one attached hydrogen (secondary N) is 2. The summed E-state index contributed by atoms with van der Waals surface area (Å²) in [4.78, 5) is 35.1. The van der Waals surface area contributed by atoms with Crippen molar-refractivity contribution in [2.75, 3.05) is 24.6 Å². The molecule has 0 atom stereocenters. The molecule has 1 aliphatic carbocycles. The molecule has 1 fully saturated rings. The minimum Gasteiger partial charge on any atom is -0.355 e. The van der Waals surface area contributed by atoms with E-state index in [1.165, 1.54) is 37.1 Å². The van der Waals surface area contributed by atoms with Crippen molar-refractivity contribution in [2.45, 2.75) is 32.7 Å². The minimum atomic E-state index is -0.117. The molecule has 1 aliphatic rings. The molecule has 1 aromatic rings. The zero-order chi connectivity index (χ0) is 17.4. The second-order valence-electron chi connectivity index (χ2n) is 6.10. The first-order chi connectivity index (χ1) is 11.6. The first-order valence-electron chi connectivity index (χ1n) is 8.34. The number of hydrogen-bond acceptors (Lipinski definition) is 4. The van der Waals surface area contributed by atoms with Crippen LogP contribution in [0.3, 0.4) is 0 Å². The molecule has 1 heterocycles. The van der Waals surface area contributed by atoms with Gasteiger partial charge in [0, 0.05) is 31.4 Å². The molecular weight excluding hydrogens is 326 g/mol. The largest absolute Gasteiger partial charge is 0.355 e. The van der Waals surface area contributed by atoms with Crippen LogP contribution < -0.4 is 16.2 Å². The van der Waals surface area contributed by atoms with Crippen molar-refractivity contribution in [3.63, 3.8) is 0 Å². The average Bonchev–Trinajstić information content (AvgIpc) is 2.48. The molecule has 132 valence electrons. The molecule has 24 heavy (non-hydrogen) atoms. The third-order valence-corrected chi connectivity index (χ3v) is 5.14. The number of aryl methyl sites for hydroxylation is 1. The van der Waals surface area contributed by atoms with Crippen molar-refractivity contribution in [1.29, 1.82) is 0 Å². The number of rotatable bonds is 9. The molecule has 0 radical (unpaired) electrons. The molecule has 1 saturated carbocycles. The zero-order valence-electron chi connectivity index (χ0n) is 14.0. The fourth-order valence-electron chi connectivity index (χ4n) is 2.51. The molecule has 2 rings (SSSR count). The first kappa shape index (κ1) is 18.6. The third-order valence-electron chi connectivity index (χ3n) is 4.20. The van der Waals surface area contributed by atoms with Gasteiger partial charge in [0.25, 0.3) is 5.56 Å². The summed E-state index contributed by atoms with van der Waals surface area (Å²) >= 11 is 1.31. The summed E-state index contributed by atoms with van der Waals surface area (Å²) in [5, 5.41) is 5.68. The third kappa shape index (κ3) is 6.03. The Morgan fingerprint density at radius 3 is 2.54 bits per heavy atom. The van der Waals surface area contributed by atoms with Gasteiger partial charge in [-0.3, -0.25) is 14.4 Å². The van der Waals surface area contributed by atoms with Gasteiger partial charge in [-0.1, -0.05) is 12.5 Å². The number of aromatic nitrogens is 1. The van der Waals surface area contributed by atoms with E-state index in [-0.39, 0.29) is 23.1 Å². The van der Waals surface area contributed by atoms with Crippen LogP contribution in [-0.4, -0.2) is 41.0 Å². The maximum absolute atomic E-state index is 11.8. The topological polar surface area (TPSA) is 80.2 Å². The predicted octanol–water partition coefficient (Wildman–Crippen LogP) is 0.922. The molecule has 2 amide bonds. The zero-order valence-corrected chi connectivity index (χ0v) is 14.9. The van der Waals surface area contributed by atoms with E-state index in [2.05, 4.69) is 10.6 Å². The molecule has 0 spiro atoms. The van der Waals surface area contributed by atoms with Gasteiger partial charge < -0.3 is 15.2 Å². The van der Waals surface area contributed by atoms with Crippen LogP contribution in [0.25, 0.3) is 0 Å². The van der Waals surface area contributed by atoms with Crippen molar-refractivity contribution in [2.24, 2.45) is 5.92 Å². The Hall–Kier alpha value is -1.76. The molecule has 0 unspecified atom stereocenters. The Kier molecular flexibility index (Phi) is 7.36. The van der Waals surface area contributed by atoms with Crippen LogP contribution in [0.4, 0.5) is 0 Å². The second-order valence-corrected chi connectivity index (χ2v) is 7.09. The summed E-state index contributed by atoms with van der Waals surface area (Å²) in [7, 11) is 0. The number of nitrogens with zero attached hydrogens (tertiary/aromatic N) is 1. The summed E-state index contributed by atoms with van der Waals surface area (Å²) in [6.07, 6.45) is 3.68. The summed E-state index contributed by atoms with van der Waals surface area (Å²) < 4.78 is 1.63. The number of thioether (sulfide) groups is 1. The highest BCUT2D eigenvalue weighted by Gasteiger charge is 2.17. The lowest BCUT2D eigenvalue weighted by Crippen LogP contribution is -2.34. The SMILES string of the molecule is Cc1cccc(=O)n1CCNC(=O)CSCC(=O)NCC1CCC1. The van der Waals surface area contributed by atoms with Gasteiger partial charge in [0.2, 0.25) is 11.8 Å². The molecule has 7 heteroatoms. The van der Waals surface area contributed by atoms with Crippen LogP contribution in [0.2, 0.25) is 0 Å². The first-order valence-corrected chi connectivity index (χ1v) is 9.49. The summed E-state index contributed by atoms with van der Waals surface area (Å²) in [6, 6.07) is 5.09. The Bertz CT molecular complexity index is 626. The summed E-state index contributed by atoms with van der Waals surface area (Å²) in [5.74, 6) is 1.07. The van der Waals surface area contributed by atoms with E-state index in [0.29, 0.717) is 24.8 Å². The number of carbonyl (C=O) groups excluding carboxylic acids is 2. The van der Waals surface area contributed by atoms with E-state index in [4.69, 9.17) is 0 Å². The van der Waals surface area contributed by atoms with Gasteiger partial charge in [0.15, 0.2) is 0 Å². The van der Waals surface area contributed by atoms with Gasteiger partial charge in [0.1, 0.15) is 0 Å². The lowest BCUT2D eigenvalue weighted by molar-refractivity contribution is -0.119. The Labute approximate surface area is 146 Å². The lowest BCUT2D eigenvalue weighted by Gasteiger charge is -2.25. The van der Waals surface area contributed by atoms with Crippen LogP contribution in [0.5, 0.6) is 0 Å². The van der Waals surface area contributed by atoms with E-state index >= 15 is 0 Å². The summed E-state index contributed by atoms with van der Waals surface area (Å²) in [6.45, 7) is 3.47. The predicted molar refractivity (Wildman–Crippen MR) is 96.1 cm³/mol. The van der Waals surface area contributed by atoms with Crippen LogP contribution in [0.15, 0.2) is 23.0 Å². The molecular formula is C17H25N3O3S. The second kappa shape index (κ2) is 9.52. The highest BCUT2D eigenvalue weighted by Crippen LogP contribution is 2.25. The molecule has 0 saturated heterocycles. The summed E-state index contributed by atoms with van der Waals surface area (Å²) in [5.41, 5.74) is 0.802. The normalized spacial score (nSPS) is 14.0. The van der Waals surface area contributed by atoms with Crippen molar-refractivity contribution >= 4 is 23.6 Å². The van der Waals surface area contributed by atoms with Gasteiger partial charge in [0.05, 0.1) is 11.5 Å². The van der Waals surface area contributed by atoms with Gasteiger partial charge in [-0.05, 0) is 31.7 Å². The molecule has 0 aromatic carbocycles. The minimum absolute atomic E-state index is 0.00818. The quantitative estimate of drug-likeness (QED) is 0.693. The van der Waals surface area contributed by atoms with E-state index in [1.807, 2.05) is 13.0 Å². The number of amides is 2. The Morgan fingerprint density at radius 1 is 1.21 bits per heavy atom. The van der Waals surface area contributed by atoms with Gasteiger partial charge in [-0.2, -0.15) is 0 Å². The smallest absolute Gasteiger partial charge is 0.250 e. The van der Waals surface area contributed by atoms with Crippen LogP contribution in [-0.2, 0) is 16.1 Å². The van der Waals surface area contributed by atoms with E-state index in [0.717, 1.165) is 12.2 Å². The van der Waals surface area contributed by atoms with Crippen molar-refractivity contribution in [3.05, 3.63) is 34.2 Å². The van der Waals surface area contributed by atoms with Crippen LogP contribution in [0, 0.1) is 12.8 Å². The highest BCUT2D eigenvalue weighted by molar-refractivity contribution is 8.00. The molecule has 6 nitrogen and oxygen atoms in total. The molecule has 1 aromatic heterocycles. The number of pyridine rings is 1. The number of hydrogen-bond donors (Lipinski definition) is 2. The van der Waals surface area contributed by atoms with Crippen molar-refractivity contribution in [3.8, 4) is 0 Å². The van der Waals surface area contributed by atoms with E-state index in [9.17, 15) is 14.4 Å². The van der Waals surface area contributed by atoms with Gasteiger partial charge in [-0.25, -0.2) is 0 Å². The fraction of sp³-hybridized carbons (Fsp3) is 0.588. The average molecular weight is 351 g/mol. The Morgan fingerprint density at radius 2 is 1.92 bits per heavy atom. The van der Waals surface area contributed by atoms with Gasteiger partial charge in [-0.15, -0.1) is 11.8 Å². The molecule has 2 N–H and O–H groups in total. The van der Waals surface area contributed by atoms with Crippen molar-refractivity contribution in [1.82, 2.24) is 15.2 Å². The van der Waals surface area contributed by atoms with E-state index < -0.39 is 0 Å².